The molecule has 9 nitrogen and oxygen atoms in total. The maximum atomic E-state index is 13.6. The van der Waals surface area contributed by atoms with E-state index in [2.05, 4.69) is 15.6 Å². The minimum absolute atomic E-state index is 0.188. The van der Waals surface area contributed by atoms with E-state index in [1.165, 1.54) is 18.9 Å². The van der Waals surface area contributed by atoms with Crippen LogP contribution in [-0.4, -0.2) is 63.4 Å². The monoisotopic (exact) mass is 391 g/mol. The molecule has 0 bridgehead atoms. The Morgan fingerprint density at radius 2 is 1.96 bits per heavy atom. The van der Waals surface area contributed by atoms with Crippen LogP contribution in [0.1, 0.15) is 64.6 Å². The number of hydrogen-bond donors (Lipinski definition) is 1. The molecule has 2 heterocycles. The number of ether oxygens (including phenoxy) is 1. The zero-order chi connectivity index (χ0) is 20.6. The molecule has 0 spiro atoms. The standard InChI is InChI=1S/C19H29N5O4/c1-11(25)28-13-8-15(17(26)20-5)23(9-13)18(27)16(19(2,3)4)24-10-14(21-22-24)12-6-7-12/h10,12-13,15-16H,6-9H2,1-5H3,(H,20,26)/t13-,15+,16-/m1/s1. The molecule has 0 radical (unpaired) electrons. The van der Waals surface area contributed by atoms with Crippen LogP contribution in [0.3, 0.4) is 0 Å². The highest BCUT2D eigenvalue weighted by molar-refractivity contribution is 5.90. The fraction of sp³-hybridized carbons (Fsp3) is 0.737. The van der Waals surface area contributed by atoms with Gasteiger partial charge in [0.2, 0.25) is 11.8 Å². The second-order valence-corrected chi connectivity index (χ2v) is 8.75. The van der Waals surface area contributed by atoms with E-state index < -0.39 is 29.6 Å². The number of esters is 1. The lowest BCUT2D eigenvalue weighted by molar-refractivity contribution is -0.147. The molecule has 2 amide bonds. The highest BCUT2D eigenvalue weighted by Crippen LogP contribution is 2.40. The third-order valence-corrected chi connectivity index (χ3v) is 5.27. The Balaban J connectivity index is 1.88. The van der Waals surface area contributed by atoms with Crippen LogP contribution >= 0.6 is 0 Å². The van der Waals surface area contributed by atoms with Gasteiger partial charge < -0.3 is 15.0 Å². The van der Waals surface area contributed by atoms with Crippen LogP contribution in [0, 0.1) is 5.41 Å². The molecular formula is C19H29N5O4. The van der Waals surface area contributed by atoms with Crippen molar-refractivity contribution in [3.63, 3.8) is 0 Å². The van der Waals surface area contributed by atoms with Crippen molar-refractivity contribution in [2.75, 3.05) is 13.6 Å². The van der Waals surface area contributed by atoms with Gasteiger partial charge in [0.15, 0.2) is 0 Å². The lowest BCUT2D eigenvalue weighted by Crippen LogP contribution is -2.49. The minimum Gasteiger partial charge on any atom is -0.461 e. The fourth-order valence-electron chi connectivity index (χ4n) is 3.80. The highest BCUT2D eigenvalue weighted by Gasteiger charge is 2.46. The van der Waals surface area contributed by atoms with Crippen LogP contribution in [-0.2, 0) is 19.1 Å². The Bertz CT molecular complexity index is 765. The van der Waals surface area contributed by atoms with E-state index in [0.717, 1.165) is 18.5 Å². The third kappa shape index (κ3) is 4.18. The third-order valence-electron chi connectivity index (χ3n) is 5.27. The Labute approximate surface area is 164 Å². The number of amides is 2. The molecule has 0 aromatic carbocycles. The van der Waals surface area contributed by atoms with Gasteiger partial charge in [-0.1, -0.05) is 26.0 Å². The van der Waals surface area contributed by atoms with Gasteiger partial charge in [-0.05, 0) is 18.3 Å². The highest BCUT2D eigenvalue weighted by atomic mass is 16.5. The Hall–Kier alpha value is -2.45. The predicted molar refractivity (Wildman–Crippen MR) is 100 cm³/mol. The molecule has 1 aromatic rings. The normalized spacial score (nSPS) is 23.4. The van der Waals surface area contributed by atoms with Crippen molar-refractivity contribution in [2.24, 2.45) is 5.41 Å². The predicted octanol–water partition coefficient (Wildman–Crippen LogP) is 1.02. The molecule has 2 aliphatic rings. The van der Waals surface area contributed by atoms with E-state index in [1.54, 1.807) is 4.68 Å². The minimum atomic E-state index is -0.682. The van der Waals surface area contributed by atoms with Gasteiger partial charge in [0, 0.05) is 32.5 Å². The van der Waals surface area contributed by atoms with Crippen molar-refractivity contribution in [3.8, 4) is 0 Å². The van der Waals surface area contributed by atoms with E-state index >= 15 is 0 Å². The largest absolute Gasteiger partial charge is 0.461 e. The van der Waals surface area contributed by atoms with Crippen molar-refractivity contribution in [2.45, 2.75) is 71.1 Å². The zero-order valence-electron chi connectivity index (χ0n) is 17.1. The van der Waals surface area contributed by atoms with Crippen molar-refractivity contribution in [3.05, 3.63) is 11.9 Å². The van der Waals surface area contributed by atoms with Crippen LogP contribution in [0.15, 0.2) is 6.20 Å². The van der Waals surface area contributed by atoms with E-state index in [9.17, 15) is 14.4 Å². The van der Waals surface area contributed by atoms with Crippen LogP contribution in [0.2, 0.25) is 0 Å². The van der Waals surface area contributed by atoms with Crippen LogP contribution < -0.4 is 5.32 Å². The topological polar surface area (TPSA) is 106 Å². The summed E-state index contributed by atoms with van der Waals surface area (Å²) in [4.78, 5) is 38.8. The molecule has 1 saturated heterocycles. The average Bonchev–Trinajstić information content (AvgIpc) is 3.19. The summed E-state index contributed by atoms with van der Waals surface area (Å²) in [7, 11) is 1.53. The van der Waals surface area contributed by atoms with Gasteiger partial charge in [-0.3, -0.25) is 14.4 Å². The maximum Gasteiger partial charge on any atom is 0.302 e. The van der Waals surface area contributed by atoms with E-state index in [1.807, 2.05) is 27.0 Å². The summed E-state index contributed by atoms with van der Waals surface area (Å²) < 4.78 is 6.90. The van der Waals surface area contributed by atoms with Crippen molar-refractivity contribution in [1.29, 1.82) is 0 Å². The number of nitrogens with one attached hydrogen (secondary N) is 1. The van der Waals surface area contributed by atoms with Gasteiger partial charge in [0.25, 0.3) is 0 Å². The molecule has 9 heteroatoms. The lowest BCUT2D eigenvalue weighted by Gasteiger charge is -2.34. The molecule has 3 atom stereocenters. The molecule has 1 aliphatic heterocycles. The first-order valence-corrected chi connectivity index (χ1v) is 9.72. The van der Waals surface area contributed by atoms with Gasteiger partial charge in [-0.15, -0.1) is 5.10 Å². The number of hydrogen-bond acceptors (Lipinski definition) is 6. The summed E-state index contributed by atoms with van der Waals surface area (Å²) in [5.41, 5.74) is 0.461. The number of likely N-dealkylation sites (N-methyl/N-ethyl adjacent to an activating group) is 1. The lowest BCUT2D eigenvalue weighted by atomic mass is 9.85. The van der Waals surface area contributed by atoms with Gasteiger partial charge in [-0.25, -0.2) is 4.68 Å². The van der Waals surface area contributed by atoms with Crippen molar-refractivity contribution >= 4 is 17.8 Å². The molecule has 3 rings (SSSR count). The SMILES string of the molecule is CNC(=O)[C@@H]1C[C@@H](OC(C)=O)CN1C(=O)[C@@H](n1cc(C2CC2)nn1)C(C)(C)C. The second-order valence-electron chi connectivity index (χ2n) is 8.75. The Morgan fingerprint density at radius 3 is 2.50 bits per heavy atom. The number of nitrogens with zero attached hydrogens (tertiary/aromatic N) is 4. The van der Waals surface area contributed by atoms with Gasteiger partial charge in [-0.2, -0.15) is 0 Å². The van der Waals surface area contributed by atoms with Gasteiger partial charge >= 0.3 is 5.97 Å². The summed E-state index contributed by atoms with van der Waals surface area (Å²) >= 11 is 0. The molecule has 2 fully saturated rings. The smallest absolute Gasteiger partial charge is 0.302 e. The first-order valence-electron chi connectivity index (χ1n) is 9.72. The van der Waals surface area contributed by atoms with Gasteiger partial charge in [0.05, 0.1) is 12.2 Å². The van der Waals surface area contributed by atoms with E-state index in [-0.39, 0.29) is 24.8 Å². The Kier molecular flexibility index (Phi) is 5.45. The first-order chi connectivity index (χ1) is 13.1. The van der Waals surface area contributed by atoms with Crippen LogP contribution in [0.25, 0.3) is 0 Å². The van der Waals surface area contributed by atoms with E-state index in [4.69, 9.17) is 4.74 Å². The zero-order valence-corrected chi connectivity index (χ0v) is 17.1. The van der Waals surface area contributed by atoms with Crippen molar-refractivity contribution < 1.29 is 19.1 Å². The molecule has 1 N–H and O–H groups in total. The molecule has 1 aromatic heterocycles. The summed E-state index contributed by atoms with van der Waals surface area (Å²) in [6.45, 7) is 7.40. The Morgan fingerprint density at radius 1 is 1.29 bits per heavy atom. The summed E-state index contributed by atoms with van der Waals surface area (Å²) in [5, 5.41) is 11.1. The quantitative estimate of drug-likeness (QED) is 0.751. The summed E-state index contributed by atoms with van der Waals surface area (Å²) in [5.74, 6) is -0.480. The number of carbonyl (C=O) groups is 3. The summed E-state index contributed by atoms with van der Waals surface area (Å²) in [6, 6.07) is -1.30. The molecule has 1 aliphatic carbocycles. The molecular weight excluding hydrogens is 362 g/mol. The number of rotatable bonds is 5. The summed E-state index contributed by atoms with van der Waals surface area (Å²) in [6.07, 6.45) is 3.83. The fourth-order valence-corrected chi connectivity index (χ4v) is 3.80. The van der Waals surface area contributed by atoms with E-state index in [0.29, 0.717) is 5.92 Å². The van der Waals surface area contributed by atoms with Crippen LogP contribution in [0.4, 0.5) is 0 Å². The number of carbonyl (C=O) groups excluding carboxylic acids is 3. The number of aromatic nitrogens is 3. The molecule has 28 heavy (non-hydrogen) atoms. The van der Waals surface area contributed by atoms with Crippen LogP contribution in [0.5, 0.6) is 0 Å². The molecule has 154 valence electrons. The maximum absolute atomic E-state index is 13.6. The molecule has 0 unspecified atom stereocenters. The van der Waals surface area contributed by atoms with Gasteiger partial charge in [0.1, 0.15) is 18.2 Å². The van der Waals surface area contributed by atoms with Crippen molar-refractivity contribution in [1.82, 2.24) is 25.2 Å². The molecule has 1 saturated carbocycles. The number of likely N-dealkylation sites (tertiary alicyclic amines) is 1. The second kappa shape index (κ2) is 7.52. The first kappa shape index (κ1) is 20.3. The average molecular weight is 391 g/mol.